The van der Waals surface area contributed by atoms with Crippen molar-refractivity contribution in [1.82, 2.24) is 9.71 Å². The van der Waals surface area contributed by atoms with Gasteiger partial charge in [-0.3, -0.25) is 0 Å². The van der Waals surface area contributed by atoms with E-state index < -0.39 is 10.0 Å². The Morgan fingerprint density at radius 1 is 1.10 bits per heavy atom. The number of aromatic nitrogens is 1. The Kier molecular flexibility index (Phi) is 4.54. The van der Waals surface area contributed by atoms with Crippen LogP contribution >= 0.6 is 0 Å². The maximum absolute atomic E-state index is 12.2. The Bertz CT molecular complexity index is 666. The maximum atomic E-state index is 12.2. The predicted molar refractivity (Wildman–Crippen MR) is 84.8 cm³/mol. The highest BCUT2D eigenvalue weighted by Gasteiger charge is 2.17. The highest BCUT2D eigenvalue weighted by molar-refractivity contribution is 7.89. The molecule has 0 saturated heterocycles. The van der Waals surface area contributed by atoms with E-state index in [4.69, 9.17) is 0 Å². The third-order valence-corrected chi connectivity index (χ3v) is 4.88. The van der Waals surface area contributed by atoms with Gasteiger partial charge in [-0.2, -0.15) is 0 Å². The maximum Gasteiger partial charge on any atom is 0.240 e. The van der Waals surface area contributed by atoms with Crippen LogP contribution in [-0.4, -0.2) is 19.9 Å². The van der Waals surface area contributed by atoms with Gasteiger partial charge in [0.1, 0.15) is 0 Å². The van der Waals surface area contributed by atoms with Gasteiger partial charge in [-0.15, -0.1) is 0 Å². The zero-order chi connectivity index (χ0) is 15.5. The molecule has 1 aromatic heterocycles. The Morgan fingerprint density at radius 3 is 2.29 bits per heavy atom. The van der Waals surface area contributed by atoms with E-state index in [0.29, 0.717) is 17.9 Å². The van der Waals surface area contributed by atoms with Gasteiger partial charge >= 0.3 is 0 Å². The topological polar surface area (TPSA) is 62.0 Å². The first-order valence-electron chi connectivity index (χ1n) is 7.01. The van der Waals surface area contributed by atoms with E-state index in [2.05, 4.69) is 30.5 Å². The summed E-state index contributed by atoms with van der Waals surface area (Å²) in [6.07, 6.45) is 4.37. The number of hydrogen-bond acceptors (Lipinski definition) is 2. The molecular formula is C16H22N2O2S. The molecule has 0 fully saturated rings. The molecule has 0 aliphatic rings. The molecule has 0 aliphatic heterocycles. The summed E-state index contributed by atoms with van der Waals surface area (Å²) in [6.45, 7) is 6.70. The molecule has 1 heterocycles. The number of nitrogens with one attached hydrogen (secondary N) is 2. The summed E-state index contributed by atoms with van der Waals surface area (Å²) < 4.78 is 27.0. The van der Waals surface area contributed by atoms with Gasteiger partial charge in [-0.1, -0.05) is 32.9 Å². The normalized spacial score (nSPS) is 12.5. The van der Waals surface area contributed by atoms with Crippen molar-refractivity contribution in [3.05, 3.63) is 53.9 Å². The quantitative estimate of drug-likeness (QED) is 0.892. The summed E-state index contributed by atoms with van der Waals surface area (Å²) in [5, 5.41) is 0. The van der Waals surface area contributed by atoms with Crippen molar-refractivity contribution in [2.75, 3.05) is 6.54 Å². The first-order valence-corrected chi connectivity index (χ1v) is 8.49. The first kappa shape index (κ1) is 15.8. The van der Waals surface area contributed by atoms with Crippen LogP contribution in [0, 0.1) is 0 Å². The summed E-state index contributed by atoms with van der Waals surface area (Å²) in [6, 6.07) is 9.02. The number of hydrogen-bond donors (Lipinski definition) is 2. The van der Waals surface area contributed by atoms with E-state index in [1.165, 1.54) is 0 Å². The molecule has 0 saturated carbocycles. The predicted octanol–water partition coefficient (Wildman–Crippen LogP) is 2.83. The Morgan fingerprint density at radius 2 is 1.76 bits per heavy atom. The Hall–Kier alpha value is -1.59. The van der Waals surface area contributed by atoms with E-state index in [1.54, 1.807) is 12.1 Å². The van der Waals surface area contributed by atoms with Gasteiger partial charge in [0.05, 0.1) is 4.90 Å². The van der Waals surface area contributed by atoms with Crippen molar-refractivity contribution in [1.29, 1.82) is 0 Å². The largest absolute Gasteiger partial charge is 0.367 e. The lowest BCUT2D eigenvalue weighted by atomic mass is 9.87. The lowest BCUT2D eigenvalue weighted by Crippen LogP contribution is -2.26. The molecule has 2 rings (SSSR count). The molecule has 0 atom stereocenters. The van der Waals surface area contributed by atoms with Crippen LogP contribution in [0.1, 0.15) is 31.9 Å². The molecule has 0 aliphatic carbocycles. The minimum atomic E-state index is -3.44. The minimum Gasteiger partial charge on any atom is -0.367 e. The van der Waals surface area contributed by atoms with E-state index in [1.807, 2.05) is 30.6 Å². The fourth-order valence-electron chi connectivity index (χ4n) is 2.06. The van der Waals surface area contributed by atoms with Crippen molar-refractivity contribution in [2.45, 2.75) is 37.5 Å². The zero-order valence-corrected chi connectivity index (χ0v) is 13.5. The van der Waals surface area contributed by atoms with Crippen molar-refractivity contribution >= 4 is 10.0 Å². The molecule has 21 heavy (non-hydrogen) atoms. The second kappa shape index (κ2) is 6.03. The van der Waals surface area contributed by atoms with Gasteiger partial charge in [-0.25, -0.2) is 13.1 Å². The fourth-order valence-corrected chi connectivity index (χ4v) is 3.09. The van der Waals surface area contributed by atoms with Gasteiger partial charge in [-0.05, 0) is 41.2 Å². The number of rotatable bonds is 5. The summed E-state index contributed by atoms with van der Waals surface area (Å²) in [5.41, 5.74) is 2.22. The molecular weight excluding hydrogens is 284 g/mol. The average molecular weight is 306 g/mol. The van der Waals surface area contributed by atoms with Crippen LogP contribution in [0.15, 0.2) is 47.6 Å². The van der Waals surface area contributed by atoms with Crippen molar-refractivity contribution in [2.24, 2.45) is 0 Å². The molecule has 4 nitrogen and oxygen atoms in total. The van der Waals surface area contributed by atoms with Gasteiger partial charge in [0.2, 0.25) is 10.0 Å². The first-order chi connectivity index (χ1) is 9.79. The van der Waals surface area contributed by atoms with Crippen molar-refractivity contribution < 1.29 is 8.42 Å². The zero-order valence-electron chi connectivity index (χ0n) is 12.7. The van der Waals surface area contributed by atoms with E-state index in [0.717, 1.165) is 11.1 Å². The number of benzene rings is 1. The fraction of sp³-hybridized carbons (Fsp3) is 0.375. The number of H-pyrrole nitrogens is 1. The molecule has 2 aromatic rings. The third-order valence-electron chi connectivity index (χ3n) is 3.40. The SMILES string of the molecule is CC(C)(C)c1ccc(S(=O)(=O)NCCc2cc[nH]c2)cc1. The van der Waals surface area contributed by atoms with E-state index >= 15 is 0 Å². The molecule has 0 spiro atoms. The van der Waals surface area contributed by atoms with Crippen molar-refractivity contribution in [3.8, 4) is 0 Å². The molecule has 0 amide bonds. The van der Waals surface area contributed by atoms with E-state index in [9.17, 15) is 8.42 Å². The van der Waals surface area contributed by atoms with Crippen molar-refractivity contribution in [3.63, 3.8) is 0 Å². The Labute approximate surface area is 126 Å². The lowest BCUT2D eigenvalue weighted by Gasteiger charge is -2.19. The van der Waals surface area contributed by atoms with E-state index in [-0.39, 0.29) is 5.41 Å². The van der Waals surface area contributed by atoms with Crippen LogP contribution in [-0.2, 0) is 21.9 Å². The highest BCUT2D eigenvalue weighted by atomic mass is 32.2. The van der Waals surface area contributed by atoms with Crippen LogP contribution in [0.4, 0.5) is 0 Å². The summed E-state index contributed by atoms with van der Waals surface area (Å²) in [7, 11) is -3.44. The van der Waals surface area contributed by atoms with Gasteiger partial charge in [0.15, 0.2) is 0 Å². The second-order valence-electron chi connectivity index (χ2n) is 6.14. The van der Waals surface area contributed by atoms with Crippen LogP contribution in [0.5, 0.6) is 0 Å². The molecule has 0 bridgehead atoms. The lowest BCUT2D eigenvalue weighted by molar-refractivity contribution is 0.578. The molecule has 5 heteroatoms. The standard InChI is InChI=1S/C16H22N2O2S/c1-16(2,3)14-4-6-15(7-5-14)21(19,20)18-11-9-13-8-10-17-12-13/h4-8,10,12,17-18H,9,11H2,1-3H3. The summed E-state index contributed by atoms with van der Waals surface area (Å²) in [5.74, 6) is 0. The minimum absolute atomic E-state index is 0.0179. The third kappa shape index (κ3) is 4.19. The van der Waals surface area contributed by atoms with Gasteiger partial charge < -0.3 is 4.98 Å². The number of aromatic amines is 1. The molecule has 0 unspecified atom stereocenters. The molecule has 2 N–H and O–H groups in total. The van der Waals surface area contributed by atoms with Gasteiger partial charge in [0, 0.05) is 18.9 Å². The van der Waals surface area contributed by atoms with Crippen LogP contribution in [0.2, 0.25) is 0 Å². The molecule has 1 aromatic carbocycles. The van der Waals surface area contributed by atoms with Crippen LogP contribution < -0.4 is 4.72 Å². The van der Waals surface area contributed by atoms with Crippen LogP contribution in [0.25, 0.3) is 0 Å². The van der Waals surface area contributed by atoms with Crippen LogP contribution in [0.3, 0.4) is 0 Å². The highest BCUT2D eigenvalue weighted by Crippen LogP contribution is 2.23. The summed E-state index contributed by atoms with van der Waals surface area (Å²) >= 11 is 0. The summed E-state index contributed by atoms with van der Waals surface area (Å²) in [4.78, 5) is 3.26. The average Bonchev–Trinajstić information content (AvgIpc) is 2.91. The van der Waals surface area contributed by atoms with Gasteiger partial charge in [0.25, 0.3) is 0 Å². The second-order valence-corrected chi connectivity index (χ2v) is 7.91. The monoisotopic (exact) mass is 306 g/mol. The smallest absolute Gasteiger partial charge is 0.240 e. The Balaban J connectivity index is 2.02. The molecule has 0 radical (unpaired) electrons. The molecule has 114 valence electrons. The number of sulfonamides is 1.